The number of benzene rings is 1. The summed E-state index contributed by atoms with van der Waals surface area (Å²) >= 11 is 0. The highest BCUT2D eigenvalue weighted by Crippen LogP contribution is 2.32. The van der Waals surface area contributed by atoms with Gasteiger partial charge < -0.3 is 4.90 Å². The number of carbonyl (C=O) groups is 1. The molecule has 0 saturated carbocycles. The van der Waals surface area contributed by atoms with Crippen molar-refractivity contribution in [3.8, 4) is 0 Å². The maximum Gasteiger partial charge on any atom is 0.408 e. The predicted molar refractivity (Wildman–Crippen MR) is 83.3 cm³/mol. The summed E-state index contributed by atoms with van der Waals surface area (Å²) in [6, 6.07) is 4.36. The van der Waals surface area contributed by atoms with Gasteiger partial charge in [0.1, 0.15) is 6.04 Å². The van der Waals surface area contributed by atoms with Crippen LogP contribution in [0.5, 0.6) is 0 Å². The van der Waals surface area contributed by atoms with E-state index >= 15 is 0 Å². The van der Waals surface area contributed by atoms with Gasteiger partial charge in [0.15, 0.2) is 9.84 Å². The molecule has 1 aromatic carbocycles. The molecule has 1 aromatic rings. The van der Waals surface area contributed by atoms with E-state index in [2.05, 4.69) is 0 Å². The summed E-state index contributed by atoms with van der Waals surface area (Å²) in [4.78, 5) is 13.3. The lowest BCUT2D eigenvalue weighted by Crippen LogP contribution is -2.51. The van der Waals surface area contributed by atoms with Crippen molar-refractivity contribution < 1.29 is 26.4 Å². The van der Waals surface area contributed by atoms with E-state index in [0.29, 0.717) is 12.8 Å². The van der Waals surface area contributed by atoms with E-state index in [1.54, 1.807) is 12.1 Å². The Morgan fingerprint density at radius 2 is 1.83 bits per heavy atom. The summed E-state index contributed by atoms with van der Waals surface area (Å²) < 4.78 is 61.8. The molecule has 1 fully saturated rings. The van der Waals surface area contributed by atoms with Gasteiger partial charge in [0.2, 0.25) is 5.91 Å². The average molecular weight is 363 g/mol. The number of likely N-dealkylation sites (tertiary alicyclic amines) is 1. The minimum atomic E-state index is -4.40. The third-order valence-electron chi connectivity index (χ3n) is 4.18. The molecule has 134 valence electrons. The lowest BCUT2D eigenvalue weighted by atomic mass is 10.0. The van der Waals surface area contributed by atoms with Gasteiger partial charge in [-0.3, -0.25) is 4.79 Å². The zero-order valence-corrected chi connectivity index (χ0v) is 14.2. The van der Waals surface area contributed by atoms with Crippen LogP contribution in [-0.4, -0.2) is 44.2 Å². The topological polar surface area (TPSA) is 54.5 Å². The monoisotopic (exact) mass is 363 g/mol. The van der Waals surface area contributed by atoms with E-state index in [4.69, 9.17) is 0 Å². The lowest BCUT2D eigenvalue weighted by molar-refractivity contribution is -0.195. The Labute approximate surface area is 139 Å². The van der Waals surface area contributed by atoms with Crippen LogP contribution in [0.4, 0.5) is 13.2 Å². The largest absolute Gasteiger partial charge is 0.408 e. The van der Waals surface area contributed by atoms with Gasteiger partial charge >= 0.3 is 6.18 Å². The van der Waals surface area contributed by atoms with E-state index in [1.807, 2.05) is 0 Å². The van der Waals surface area contributed by atoms with Crippen molar-refractivity contribution in [1.82, 2.24) is 4.90 Å². The Bertz CT molecular complexity index is 684. The Balaban J connectivity index is 1.99. The van der Waals surface area contributed by atoms with E-state index in [0.717, 1.165) is 16.7 Å². The number of carbonyl (C=O) groups excluding carboxylic acids is 1. The van der Waals surface area contributed by atoms with Gasteiger partial charge in [-0.25, -0.2) is 8.42 Å². The third-order valence-corrected chi connectivity index (χ3v) is 5.31. The molecule has 24 heavy (non-hydrogen) atoms. The minimum absolute atomic E-state index is 0.0230. The number of rotatable bonds is 4. The summed E-state index contributed by atoms with van der Waals surface area (Å²) in [7, 11) is -3.29. The molecular formula is C16H20F3NO3S. The van der Waals surface area contributed by atoms with Crippen LogP contribution in [0.25, 0.3) is 0 Å². The van der Waals surface area contributed by atoms with Crippen molar-refractivity contribution in [3.05, 3.63) is 29.8 Å². The minimum Gasteiger partial charge on any atom is -0.331 e. The second-order valence-electron chi connectivity index (χ2n) is 6.06. The van der Waals surface area contributed by atoms with Gasteiger partial charge in [-0.2, -0.15) is 13.2 Å². The first-order valence-electron chi connectivity index (χ1n) is 7.74. The highest BCUT2D eigenvalue weighted by atomic mass is 32.2. The second kappa shape index (κ2) is 7.13. The fourth-order valence-electron chi connectivity index (χ4n) is 2.87. The number of aryl methyl sites for hydroxylation is 1. The molecule has 1 amide bonds. The van der Waals surface area contributed by atoms with Crippen LogP contribution in [-0.2, 0) is 21.1 Å². The number of piperidine rings is 1. The molecule has 1 aliphatic heterocycles. The quantitative estimate of drug-likeness (QED) is 0.826. The highest BCUT2D eigenvalue weighted by molar-refractivity contribution is 7.90. The maximum atomic E-state index is 13.0. The van der Waals surface area contributed by atoms with Crippen LogP contribution in [0.1, 0.15) is 31.2 Å². The Hall–Kier alpha value is -1.57. The summed E-state index contributed by atoms with van der Waals surface area (Å²) in [5, 5.41) is 0. The maximum absolute atomic E-state index is 13.0. The van der Waals surface area contributed by atoms with Crippen molar-refractivity contribution in [2.45, 2.75) is 49.2 Å². The third kappa shape index (κ3) is 4.72. The molecule has 0 aliphatic carbocycles. The number of halogens is 3. The Morgan fingerprint density at radius 3 is 2.38 bits per heavy atom. The van der Waals surface area contributed by atoms with Gasteiger partial charge in [-0.15, -0.1) is 0 Å². The van der Waals surface area contributed by atoms with Crippen molar-refractivity contribution in [2.24, 2.45) is 0 Å². The van der Waals surface area contributed by atoms with Gasteiger partial charge in [0.05, 0.1) is 4.90 Å². The van der Waals surface area contributed by atoms with Crippen molar-refractivity contribution in [2.75, 3.05) is 12.8 Å². The molecule has 1 heterocycles. The zero-order chi connectivity index (χ0) is 18.0. The van der Waals surface area contributed by atoms with Gasteiger partial charge in [-0.05, 0) is 43.4 Å². The van der Waals surface area contributed by atoms with Crippen LogP contribution >= 0.6 is 0 Å². The van der Waals surface area contributed by atoms with Crippen molar-refractivity contribution in [1.29, 1.82) is 0 Å². The first-order valence-corrected chi connectivity index (χ1v) is 9.63. The molecule has 8 heteroatoms. The van der Waals surface area contributed by atoms with Gasteiger partial charge in [0.25, 0.3) is 0 Å². The molecule has 0 aromatic heterocycles. The molecule has 0 bridgehead atoms. The number of alkyl halides is 3. The second-order valence-corrected chi connectivity index (χ2v) is 8.07. The Kier molecular flexibility index (Phi) is 5.57. The molecule has 0 N–H and O–H groups in total. The Morgan fingerprint density at radius 1 is 1.21 bits per heavy atom. The molecular weight excluding hydrogens is 343 g/mol. The average Bonchev–Trinajstić information content (AvgIpc) is 2.51. The van der Waals surface area contributed by atoms with Crippen LogP contribution < -0.4 is 0 Å². The summed E-state index contributed by atoms with van der Waals surface area (Å²) in [6.07, 6.45) is -2.03. The molecule has 1 unspecified atom stereocenters. The highest BCUT2D eigenvalue weighted by Gasteiger charge is 2.45. The van der Waals surface area contributed by atoms with Crippen molar-refractivity contribution in [3.63, 3.8) is 0 Å². The van der Waals surface area contributed by atoms with Crippen LogP contribution in [0.3, 0.4) is 0 Å². The molecule has 4 nitrogen and oxygen atoms in total. The standard InChI is InChI=1S/C16H20F3NO3S/c1-24(22,23)13-8-5-12(6-9-13)7-10-15(21)20-11-3-2-4-14(20)16(17,18)19/h5-6,8-9,14H,2-4,7,10-11H2,1H3. The van der Waals surface area contributed by atoms with E-state index in [1.165, 1.54) is 12.1 Å². The van der Waals surface area contributed by atoms with Crippen LogP contribution in [0.15, 0.2) is 29.2 Å². The molecule has 1 atom stereocenters. The molecule has 0 spiro atoms. The van der Waals surface area contributed by atoms with Gasteiger partial charge in [-0.1, -0.05) is 12.1 Å². The fraction of sp³-hybridized carbons (Fsp3) is 0.562. The number of hydrogen-bond donors (Lipinski definition) is 0. The summed E-state index contributed by atoms with van der Waals surface area (Å²) in [5.74, 6) is -0.510. The SMILES string of the molecule is CS(=O)(=O)c1ccc(CCC(=O)N2CCCCC2C(F)(F)F)cc1. The smallest absolute Gasteiger partial charge is 0.331 e. The first-order chi connectivity index (χ1) is 11.1. The molecule has 1 saturated heterocycles. The molecule has 2 rings (SSSR count). The lowest BCUT2D eigenvalue weighted by Gasteiger charge is -2.36. The number of sulfone groups is 1. The number of hydrogen-bond acceptors (Lipinski definition) is 3. The van der Waals surface area contributed by atoms with Crippen molar-refractivity contribution >= 4 is 15.7 Å². The fourth-order valence-corrected chi connectivity index (χ4v) is 3.50. The van der Waals surface area contributed by atoms with Crippen LogP contribution in [0, 0.1) is 0 Å². The predicted octanol–water partition coefficient (Wildman–Crippen LogP) is 2.97. The number of nitrogens with zero attached hydrogens (tertiary/aromatic N) is 1. The summed E-state index contributed by atoms with van der Waals surface area (Å²) in [6.45, 7) is 0.135. The normalized spacial score (nSPS) is 19.3. The van der Waals surface area contributed by atoms with E-state index in [9.17, 15) is 26.4 Å². The number of amides is 1. The zero-order valence-electron chi connectivity index (χ0n) is 13.3. The first kappa shape index (κ1) is 18.8. The van der Waals surface area contributed by atoms with E-state index < -0.39 is 28.0 Å². The summed E-state index contributed by atoms with van der Waals surface area (Å²) in [5.41, 5.74) is 0.719. The molecule has 1 aliphatic rings. The van der Waals surface area contributed by atoms with Crippen LogP contribution in [0.2, 0.25) is 0 Å². The van der Waals surface area contributed by atoms with E-state index in [-0.39, 0.29) is 30.7 Å². The molecule has 0 radical (unpaired) electrons. The van der Waals surface area contributed by atoms with Gasteiger partial charge in [0, 0.05) is 19.2 Å².